The molecule has 0 saturated heterocycles. The number of H-pyrrole nitrogens is 1. The first-order valence-corrected chi connectivity index (χ1v) is 2.01. The molecule has 1 aromatic heterocycles. The van der Waals surface area contributed by atoms with Crippen molar-refractivity contribution in [1.29, 1.82) is 0 Å². The molecule has 6 nitrogen and oxygen atoms in total. The second kappa shape index (κ2) is 1.73. The number of aromatic nitrogens is 2. The van der Waals surface area contributed by atoms with Crippen LogP contribution >= 0.6 is 0 Å². The molecule has 0 spiro atoms. The summed E-state index contributed by atoms with van der Waals surface area (Å²) < 4.78 is 4.39. The minimum Gasteiger partial charge on any atom is -0.488 e. The maximum absolute atomic E-state index is 10.1. The van der Waals surface area contributed by atoms with Crippen LogP contribution in [-0.4, -0.2) is 11.4 Å². The Morgan fingerprint density at radius 3 is 2.78 bits per heavy atom. The second-order valence-corrected chi connectivity index (χ2v) is 1.28. The minimum absolute atomic E-state index is 0.405. The van der Waals surface area contributed by atoms with Crippen LogP contribution in [0.2, 0.25) is 0 Å². The molecule has 48 valence electrons. The van der Waals surface area contributed by atoms with Crippen molar-refractivity contribution in [1.82, 2.24) is 5.27 Å². The van der Waals surface area contributed by atoms with Crippen LogP contribution in [0.3, 0.4) is 0 Å². The van der Waals surface area contributed by atoms with E-state index in [1.165, 1.54) is 0 Å². The number of carbonyl (C=O) groups excluding carboxylic acids is 1. The molecule has 0 fully saturated rings. The topological polar surface area (TPSA) is 90.0 Å². The van der Waals surface area contributed by atoms with Gasteiger partial charge < -0.3 is 9.90 Å². The fourth-order valence-corrected chi connectivity index (χ4v) is 0.342. The summed E-state index contributed by atoms with van der Waals surface area (Å²) in [7, 11) is 0. The lowest BCUT2D eigenvalue weighted by atomic mass is 10.9. The fraction of sp³-hybridized carbons (Fsp3) is 0. The van der Waals surface area contributed by atoms with Gasteiger partial charge in [0.2, 0.25) is 0 Å². The molecule has 0 radical (unpaired) electrons. The highest BCUT2D eigenvalue weighted by Gasteiger charge is 2.05. The van der Waals surface area contributed by atoms with Crippen LogP contribution in [-0.2, 0) is 0 Å². The van der Waals surface area contributed by atoms with Crippen LogP contribution < -0.4 is 15.4 Å². The Bertz CT molecular complexity index is 271. The quantitative estimate of drug-likeness (QED) is 0.391. The van der Waals surface area contributed by atoms with Crippen molar-refractivity contribution in [3.05, 3.63) is 16.6 Å². The molecule has 0 saturated carbocycles. The maximum Gasteiger partial charge on any atom is 0.427 e. The van der Waals surface area contributed by atoms with Gasteiger partial charge in [0, 0.05) is 0 Å². The third kappa shape index (κ3) is 0.958. The van der Waals surface area contributed by atoms with Gasteiger partial charge in [-0.3, -0.25) is 4.52 Å². The fourth-order valence-electron chi connectivity index (χ4n) is 0.342. The molecule has 0 aliphatic rings. The Balaban J connectivity index is 3.12. The lowest BCUT2D eigenvalue weighted by Crippen LogP contribution is -2.53. The van der Waals surface area contributed by atoms with E-state index in [0.29, 0.717) is 4.68 Å². The van der Waals surface area contributed by atoms with Gasteiger partial charge in [0.1, 0.15) is 0 Å². The van der Waals surface area contributed by atoms with Crippen molar-refractivity contribution in [2.24, 2.45) is 0 Å². The smallest absolute Gasteiger partial charge is 0.427 e. The van der Waals surface area contributed by atoms with Crippen LogP contribution in [0, 0.1) is 0 Å². The molecule has 1 rings (SSSR count). The summed E-state index contributed by atoms with van der Waals surface area (Å²) in [6, 6.07) is 0. The van der Waals surface area contributed by atoms with Crippen LogP contribution in [0.15, 0.2) is 15.5 Å². The van der Waals surface area contributed by atoms with E-state index in [1.807, 2.05) is 0 Å². The number of carbonyl (C=O) groups is 1. The summed E-state index contributed by atoms with van der Waals surface area (Å²) in [4.78, 5) is 19.9. The van der Waals surface area contributed by atoms with Crippen LogP contribution in [0.25, 0.3) is 0 Å². The zero-order valence-corrected chi connectivity index (χ0v) is 4.16. The van der Waals surface area contributed by atoms with Crippen molar-refractivity contribution < 1.29 is 19.1 Å². The van der Waals surface area contributed by atoms with Gasteiger partial charge in [-0.15, -0.1) is 0 Å². The van der Waals surface area contributed by atoms with Crippen LogP contribution in [0.1, 0.15) is 0 Å². The van der Waals surface area contributed by atoms with Crippen molar-refractivity contribution in [3.8, 4) is 0 Å². The molecule has 0 aliphatic heterocycles. The number of rotatable bonds is 0. The third-order valence-corrected chi connectivity index (χ3v) is 0.676. The number of nitrogens with zero attached hydrogens (tertiary/aromatic N) is 1. The first-order valence-electron chi connectivity index (χ1n) is 2.01. The van der Waals surface area contributed by atoms with Gasteiger partial charge in [0.15, 0.2) is 0 Å². The van der Waals surface area contributed by atoms with Crippen molar-refractivity contribution >= 4 is 6.09 Å². The highest BCUT2D eigenvalue weighted by molar-refractivity contribution is 5.49. The molecule has 0 bridgehead atoms. The molecule has 0 unspecified atom stereocenters. The van der Waals surface area contributed by atoms with Gasteiger partial charge in [0.05, 0.1) is 0 Å². The summed E-state index contributed by atoms with van der Waals surface area (Å²) in [5.41, 5.74) is -0.765. The third-order valence-electron chi connectivity index (χ3n) is 0.676. The predicted octanol–water partition coefficient (Wildman–Crippen LogP) is -2.55. The summed E-state index contributed by atoms with van der Waals surface area (Å²) in [6.07, 6.45) is -0.823. The first-order chi connectivity index (χ1) is 4.20. The normalized spacial score (nSPS) is 9.33. The summed E-state index contributed by atoms with van der Waals surface area (Å²) in [5.74, 6) is 0. The molecular weight excluding hydrogens is 128 g/mol. The number of nitrogens with one attached hydrogen (secondary N) is 1. The van der Waals surface area contributed by atoms with Gasteiger partial charge in [0.25, 0.3) is 6.20 Å². The van der Waals surface area contributed by atoms with Gasteiger partial charge >= 0.3 is 11.7 Å². The van der Waals surface area contributed by atoms with Gasteiger partial charge in [-0.05, 0) is 9.95 Å². The van der Waals surface area contributed by atoms with E-state index in [9.17, 15) is 14.7 Å². The molecule has 0 atom stereocenters. The number of aromatic amines is 1. The summed E-state index contributed by atoms with van der Waals surface area (Å²) >= 11 is 0. The van der Waals surface area contributed by atoms with Crippen molar-refractivity contribution in [3.63, 3.8) is 0 Å². The highest BCUT2D eigenvalue weighted by atomic mass is 16.5. The molecule has 1 N–H and O–H groups in total. The van der Waals surface area contributed by atoms with E-state index in [1.54, 1.807) is 5.27 Å². The Kier molecular flexibility index (Phi) is 1.07. The van der Waals surface area contributed by atoms with E-state index in [2.05, 4.69) is 4.52 Å². The van der Waals surface area contributed by atoms with Crippen molar-refractivity contribution in [2.45, 2.75) is 0 Å². The zero-order valence-electron chi connectivity index (χ0n) is 4.16. The molecule has 1 heterocycles. The Morgan fingerprint density at radius 1 is 1.89 bits per heavy atom. The van der Waals surface area contributed by atoms with Gasteiger partial charge in [-0.1, -0.05) is 0 Å². The average Bonchev–Trinajstić information content (AvgIpc) is 2.14. The predicted molar refractivity (Wildman–Crippen MR) is 20.3 cm³/mol. The summed E-state index contributed by atoms with van der Waals surface area (Å²) in [6.45, 7) is 0. The first kappa shape index (κ1) is 5.54. The number of carboxylic acid groups (broad SMARTS) is 1. The Hall–Kier alpha value is -1.59. The SMILES string of the molecule is O=C([O-])[n+]1cc(=O)o[nH]1. The van der Waals surface area contributed by atoms with E-state index >= 15 is 0 Å². The van der Waals surface area contributed by atoms with E-state index < -0.39 is 11.7 Å². The van der Waals surface area contributed by atoms with Gasteiger partial charge in [-0.2, -0.15) is 0 Å². The zero-order chi connectivity index (χ0) is 6.85. The van der Waals surface area contributed by atoms with Crippen LogP contribution in [0.5, 0.6) is 0 Å². The standard InChI is InChI=1S/C3H2N2O4/c6-2-1-5(3(7)8)4-9-2/h1H,(H-,4,6,7,8). The lowest BCUT2D eigenvalue weighted by Gasteiger charge is -1.80. The largest absolute Gasteiger partial charge is 0.488 e. The van der Waals surface area contributed by atoms with E-state index in [-0.39, 0.29) is 0 Å². The number of hydrogen-bond donors (Lipinski definition) is 1. The average molecular weight is 130 g/mol. The second-order valence-electron chi connectivity index (χ2n) is 1.28. The summed E-state index contributed by atoms with van der Waals surface area (Å²) in [5, 5.41) is 11.6. The molecule has 6 heteroatoms. The van der Waals surface area contributed by atoms with Gasteiger partial charge in [-0.25, -0.2) is 4.79 Å². The van der Waals surface area contributed by atoms with E-state index in [0.717, 1.165) is 6.20 Å². The molecule has 1 aromatic rings. The molecule has 9 heavy (non-hydrogen) atoms. The van der Waals surface area contributed by atoms with Crippen molar-refractivity contribution in [2.75, 3.05) is 0 Å². The highest BCUT2D eigenvalue weighted by Crippen LogP contribution is 1.54. The molecule has 0 aromatic carbocycles. The lowest BCUT2D eigenvalue weighted by molar-refractivity contribution is -0.692. The van der Waals surface area contributed by atoms with E-state index in [4.69, 9.17) is 0 Å². The molecule has 0 aliphatic carbocycles. The maximum atomic E-state index is 10.1. The molecule has 0 amide bonds. The van der Waals surface area contributed by atoms with Crippen LogP contribution in [0.4, 0.5) is 4.79 Å². The Morgan fingerprint density at radius 2 is 2.56 bits per heavy atom. The number of hydrogen-bond acceptors (Lipinski definition) is 4. The Labute approximate surface area is 48.3 Å². The monoisotopic (exact) mass is 130 g/mol. The minimum atomic E-state index is -1.54. The molecular formula is C3H2N2O4.